The minimum Gasteiger partial charge on any atom is -0.492 e. The second-order valence-electron chi connectivity index (χ2n) is 3.90. The van der Waals surface area contributed by atoms with Crippen LogP contribution in [0.1, 0.15) is 19.7 Å². The van der Waals surface area contributed by atoms with Crippen molar-refractivity contribution in [2.45, 2.75) is 20.3 Å². The van der Waals surface area contributed by atoms with Crippen LogP contribution in [0.3, 0.4) is 0 Å². The number of anilines is 2. The molecule has 5 heteroatoms. The summed E-state index contributed by atoms with van der Waals surface area (Å²) in [5, 5.41) is 3.65. The van der Waals surface area contributed by atoms with E-state index in [0.29, 0.717) is 23.4 Å². The Morgan fingerprint density at radius 1 is 1.21 bits per heavy atom. The molecule has 100 valence electrons. The van der Waals surface area contributed by atoms with Gasteiger partial charge in [-0.1, -0.05) is 30.7 Å². The van der Waals surface area contributed by atoms with Gasteiger partial charge in [0, 0.05) is 12.5 Å². The van der Waals surface area contributed by atoms with Crippen molar-refractivity contribution in [2.75, 3.05) is 11.9 Å². The van der Waals surface area contributed by atoms with Gasteiger partial charge in [-0.05, 0) is 19.1 Å². The van der Waals surface area contributed by atoms with Crippen LogP contribution in [0.2, 0.25) is 5.15 Å². The number of hydrogen-bond donors (Lipinski definition) is 1. The van der Waals surface area contributed by atoms with Crippen molar-refractivity contribution >= 4 is 23.1 Å². The van der Waals surface area contributed by atoms with E-state index in [2.05, 4.69) is 15.3 Å². The number of aryl methyl sites for hydroxylation is 1. The fraction of sp³-hybridized carbons (Fsp3) is 0.286. The van der Waals surface area contributed by atoms with Crippen LogP contribution in [0.4, 0.5) is 11.5 Å². The van der Waals surface area contributed by atoms with Crippen molar-refractivity contribution < 1.29 is 4.74 Å². The van der Waals surface area contributed by atoms with Gasteiger partial charge in [0.2, 0.25) is 0 Å². The van der Waals surface area contributed by atoms with Gasteiger partial charge >= 0.3 is 0 Å². The lowest BCUT2D eigenvalue weighted by molar-refractivity contribution is 0.342. The number of nitrogens with one attached hydrogen (secondary N) is 1. The van der Waals surface area contributed by atoms with E-state index in [9.17, 15) is 0 Å². The third-order valence-corrected chi connectivity index (χ3v) is 2.70. The van der Waals surface area contributed by atoms with E-state index in [4.69, 9.17) is 16.3 Å². The van der Waals surface area contributed by atoms with Crippen LogP contribution >= 0.6 is 11.6 Å². The molecule has 0 bridgehead atoms. The number of ether oxygens (including phenoxy) is 1. The molecule has 0 aliphatic heterocycles. The molecule has 0 atom stereocenters. The van der Waals surface area contributed by atoms with E-state index >= 15 is 0 Å². The zero-order valence-electron chi connectivity index (χ0n) is 11.0. The third-order valence-electron chi connectivity index (χ3n) is 2.51. The van der Waals surface area contributed by atoms with Gasteiger partial charge in [0.25, 0.3) is 0 Å². The summed E-state index contributed by atoms with van der Waals surface area (Å²) in [5.41, 5.74) is 0.862. The maximum atomic E-state index is 5.97. The molecule has 0 saturated carbocycles. The highest BCUT2D eigenvalue weighted by Crippen LogP contribution is 2.27. The Labute approximate surface area is 117 Å². The third kappa shape index (κ3) is 3.58. The highest BCUT2D eigenvalue weighted by Gasteiger charge is 2.06. The first-order valence-corrected chi connectivity index (χ1v) is 6.63. The molecule has 0 spiro atoms. The van der Waals surface area contributed by atoms with Gasteiger partial charge in [-0.2, -0.15) is 0 Å². The molecule has 0 unspecified atom stereocenters. The predicted molar refractivity (Wildman–Crippen MR) is 77.3 cm³/mol. The highest BCUT2D eigenvalue weighted by atomic mass is 35.5. The molecule has 0 radical (unpaired) electrons. The first-order chi connectivity index (χ1) is 9.22. The normalized spacial score (nSPS) is 10.3. The van der Waals surface area contributed by atoms with Gasteiger partial charge < -0.3 is 10.1 Å². The molecule has 1 aromatic carbocycles. The summed E-state index contributed by atoms with van der Waals surface area (Å²) < 4.78 is 5.56. The Bertz CT molecular complexity index is 560. The average molecular weight is 278 g/mol. The molecule has 0 fully saturated rings. The molecule has 2 rings (SSSR count). The van der Waals surface area contributed by atoms with E-state index < -0.39 is 0 Å². The second kappa shape index (κ2) is 6.38. The lowest BCUT2D eigenvalue weighted by Crippen LogP contribution is -2.01. The Morgan fingerprint density at radius 2 is 2.00 bits per heavy atom. The zero-order valence-corrected chi connectivity index (χ0v) is 11.7. The first-order valence-electron chi connectivity index (χ1n) is 6.25. The largest absolute Gasteiger partial charge is 0.492 e. The SMILES string of the molecule is CCOc1ccccc1Nc1cc(Cl)nc(CC)n1. The van der Waals surface area contributed by atoms with Crippen molar-refractivity contribution in [3.8, 4) is 5.75 Å². The molecule has 19 heavy (non-hydrogen) atoms. The van der Waals surface area contributed by atoms with Gasteiger partial charge in [-0.15, -0.1) is 0 Å². The van der Waals surface area contributed by atoms with Gasteiger partial charge in [-0.25, -0.2) is 9.97 Å². The summed E-state index contributed by atoms with van der Waals surface area (Å²) in [6, 6.07) is 9.42. The van der Waals surface area contributed by atoms with Crippen molar-refractivity contribution in [1.29, 1.82) is 0 Å². The minimum absolute atomic E-state index is 0.434. The fourth-order valence-corrected chi connectivity index (χ4v) is 1.88. The highest BCUT2D eigenvalue weighted by molar-refractivity contribution is 6.29. The molecule has 0 aliphatic carbocycles. The summed E-state index contributed by atoms with van der Waals surface area (Å²) in [4.78, 5) is 8.52. The molecule has 2 aromatic rings. The van der Waals surface area contributed by atoms with Gasteiger partial charge in [0.1, 0.15) is 22.5 Å². The van der Waals surface area contributed by atoms with Gasteiger partial charge in [0.05, 0.1) is 12.3 Å². The second-order valence-corrected chi connectivity index (χ2v) is 4.29. The maximum Gasteiger partial charge on any atom is 0.142 e. The minimum atomic E-state index is 0.434. The van der Waals surface area contributed by atoms with Crippen molar-refractivity contribution in [1.82, 2.24) is 9.97 Å². The number of aromatic nitrogens is 2. The number of rotatable bonds is 5. The summed E-state index contributed by atoms with van der Waals surface area (Å²) >= 11 is 5.97. The van der Waals surface area contributed by atoms with Crippen LogP contribution in [0.5, 0.6) is 5.75 Å². The topological polar surface area (TPSA) is 47.0 Å². The number of nitrogens with zero attached hydrogens (tertiary/aromatic N) is 2. The molecule has 1 heterocycles. The molecular formula is C14H16ClN3O. The number of para-hydroxylation sites is 2. The quantitative estimate of drug-likeness (QED) is 0.844. The maximum absolute atomic E-state index is 5.97. The van der Waals surface area contributed by atoms with Crippen LogP contribution in [0, 0.1) is 0 Å². The van der Waals surface area contributed by atoms with Crippen LogP contribution in [0.25, 0.3) is 0 Å². The van der Waals surface area contributed by atoms with E-state index in [1.165, 1.54) is 0 Å². The number of halogens is 1. The van der Waals surface area contributed by atoms with Crippen molar-refractivity contribution in [3.05, 3.63) is 41.3 Å². The molecule has 1 N–H and O–H groups in total. The van der Waals surface area contributed by atoms with E-state index in [1.54, 1.807) is 6.07 Å². The van der Waals surface area contributed by atoms with E-state index in [-0.39, 0.29) is 0 Å². The van der Waals surface area contributed by atoms with Crippen LogP contribution in [0.15, 0.2) is 30.3 Å². The lowest BCUT2D eigenvalue weighted by atomic mass is 10.3. The van der Waals surface area contributed by atoms with Crippen LogP contribution < -0.4 is 10.1 Å². The van der Waals surface area contributed by atoms with Gasteiger partial charge in [0.15, 0.2) is 0 Å². The fourth-order valence-electron chi connectivity index (χ4n) is 1.68. The molecular weight excluding hydrogens is 262 g/mol. The van der Waals surface area contributed by atoms with E-state index in [1.807, 2.05) is 38.1 Å². The number of benzene rings is 1. The Kier molecular flexibility index (Phi) is 4.58. The summed E-state index contributed by atoms with van der Waals surface area (Å²) in [7, 11) is 0. The monoisotopic (exact) mass is 277 g/mol. The number of hydrogen-bond acceptors (Lipinski definition) is 4. The summed E-state index contributed by atoms with van der Waals surface area (Å²) in [6.07, 6.45) is 0.738. The summed E-state index contributed by atoms with van der Waals surface area (Å²) in [5.74, 6) is 2.17. The van der Waals surface area contributed by atoms with E-state index in [0.717, 1.165) is 17.9 Å². The van der Waals surface area contributed by atoms with Crippen molar-refractivity contribution in [3.63, 3.8) is 0 Å². The zero-order chi connectivity index (χ0) is 13.7. The molecule has 0 saturated heterocycles. The Hall–Kier alpha value is -1.81. The molecule has 0 aliphatic rings. The molecule has 4 nitrogen and oxygen atoms in total. The molecule has 0 amide bonds. The van der Waals surface area contributed by atoms with Crippen LogP contribution in [-0.2, 0) is 6.42 Å². The lowest BCUT2D eigenvalue weighted by Gasteiger charge is -2.12. The van der Waals surface area contributed by atoms with Crippen LogP contribution in [-0.4, -0.2) is 16.6 Å². The van der Waals surface area contributed by atoms with Crippen molar-refractivity contribution in [2.24, 2.45) is 0 Å². The molecule has 1 aromatic heterocycles. The smallest absolute Gasteiger partial charge is 0.142 e. The van der Waals surface area contributed by atoms with Gasteiger partial charge in [-0.3, -0.25) is 0 Å². The summed E-state index contributed by atoms with van der Waals surface area (Å²) in [6.45, 7) is 4.56. The Morgan fingerprint density at radius 3 is 2.74 bits per heavy atom. The first kappa shape index (κ1) is 13.6. The predicted octanol–water partition coefficient (Wildman–Crippen LogP) is 3.83. The average Bonchev–Trinajstić information content (AvgIpc) is 2.40. The Balaban J connectivity index is 2.28. The standard InChI is InChI=1S/C14H16ClN3O/c1-3-13-17-12(15)9-14(18-13)16-10-7-5-6-8-11(10)19-4-2/h5-9H,3-4H2,1-2H3,(H,16,17,18).